The fourth-order valence-corrected chi connectivity index (χ4v) is 3.38. The Bertz CT molecular complexity index is 353. The predicted octanol–water partition coefficient (Wildman–Crippen LogP) is 6.07. The standard InChI is InChI=1S/C20H44N.CH4O3S/c1-5-9-13-14-15-16-20-21(17-10-6-2,18-11-7-3)19-12-8-4;1-5(2,3)4/h5-20H2,1-4H3;1H3,(H,2,3,4)/q+1;. The molecule has 0 unspecified atom stereocenters. The molecule has 4 nitrogen and oxygen atoms in total. The Hall–Kier alpha value is -0.130. The first-order valence-electron chi connectivity index (χ1n) is 11.0. The molecule has 0 aliphatic rings. The molecule has 1 N–H and O–H groups in total. The highest BCUT2D eigenvalue weighted by Crippen LogP contribution is 2.17. The topological polar surface area (TPSA) is 54.4 Å². The maximum Gasteiger partial charge on any atom is 0.261 e. The van der Waals surface area contributed by atoms with Crippen molar-refractivity contribution >= 4 is 10.1 Å². The lowest BCUT2D eigenvalue weighted by Crippen LogP contribution is -2.50. The SMILES string of the molecule is CCCCCCCC[N+](CCCC)(CCCC)CCCC.CS(=O)(=O)O. The summed E-state index contributed by atoms with van der Waals surface area (Å²) in [7, 11) is -3.67. The lowest BCUT2D eigenvalue weighted by atomic mass is 10.1. The van der Waals surface area contributed by atoms with Gasteiger partial charge in [-0.25, -0.2) is 0 Å². The molecule has 0 fully saturated rings. The normalized spacial score (nSPS) is 11.9. The highest BCUT2D eigenvalue weighted by Gasteiger charge is 2.24. The number of hydrogen-bond donors (Lipinski definition) is 1. The van der Waals surface area contributed by atoms with Gasteiger partial charge in [0.1, 0.15) is 0 Å². The van der Waals surface area contributed by atoms with Crippen LogP contribution < -0.4 is 0 Å². The van der Waals surface area contributed by atoms with E-state index in [-0.39, 0.29) is 0 Å². The second-order valence-corrected chi connectivity index (χ2v) is 9.26. The van der Waals surface area contributed by atoms with Gasteiger partial charge in [0.2, 0.25) is 0 Å². The van der Waals surface area contributed by atoms with Gasteiger partial charge in [0.15, 0.2) is 0 Å². The van der Waals surface area contributed by atoms with Crippen molar-refractivity contribution in [2.24, 2.45) is 0 Å². The van der Waals surface area contributed by atoms with Crippen LogP contribution in [-0.4, -0.2) is 49.9 Å². The van der Waals surface area contributed by atoms with Crippen LogP contribution in [0.5, 0.6) is 0 Å². The monoisotopic (exact) mass is 394 g/mol. The Morgan fingerprint density at radius 2 is 0.846 bits per heavy atom. The molecule has 0 spiro atoms. The Morgan fingerprint density at radius 3 is 1.19 bits per heavy atom. The zero-order valence-electron chi connectivity index (χ0n) is 18.4. The van der Waals surface area contributed by atoms with E-state index >= 15 is 0 Å². The van der Waals surface area contributed by atoms with Gasteiger partial charge in [-0.05, 0) is 32.1 Å². The minimum atomic E-state index is -3.67. The summed E-state index contributed by atoms with van der Waals surface area (Å²) < 4.78 is 27.3. The van der Waals surface area contributed by atoms with Gasteiger partial charge in [-0.2, -0.15) is 8.42 Å². The van der Waals surface area contributed by atoms with Gasteiger partial charge < -0.3 is 4.48 Å². The van der Waals surface area contributed by atoms with Gasteiger partial charge in [-0.3, -0.25) is 4.55 Å². The van der Waals surface area contributed by atoms with Crippen LogP contribution in [0.1, 0.15) is 105 Å². The maximum atomic E-state index is 9.19. The summed E-state index contributed by atoms with van der Waals surface area (Å²) in [6, 6.07) is 0. The molecule has 0 saturated carbocycles. The minimum Gasteiger partial charge on any atom is -0.324 e. The number of hydrogen-bond acceptors (Lipinski definition) is 2. The van der Waals surface area contributed by atoms with Crippen LogP contribution in [0.25, 0.3) is 0 Å². The molecule has 0 amide bonds. The van der Waals surface area contributed by atoms with E-state index in [1.54, 1.807) is 0 Å². The summed E-state index contributed by atoms with van der Waals surface area (Å²) in [5.41, 5.74) is 0. The molecule has 0 radical (unpaired) electrons. The predicted molar refractivity (Wildman–Crippen MR) is 115 cm³/mol. The number of unbranched alkanes of at least 4 members (excludes halogenated alkanes) is 8. The highest BCUT2D eigenvalue weighted by molar-refractivity contribution is 7.85. The van der Waals surface area contributed by atoms with Crippen molar-refractivity contribution in [3.05, 3.63) is 0 Å². The summed E-state index contributed by atoms with van der Waals surface area (Å²) in [6.45, 7) is 15.1. The van der Waals surface area contributed by atoms with E-state index < -0.39 is 10.1 Å². The molecule has 0 heterocycles. The molecule has 0 saturated heterocycles. The molecule has 0 rings (SSSR count). The zero-order chi connectivity index (χ0) is 20.3. The number of rotatable bonds is 16. The third-order valence-corrected chi connectivity index (χ3v) is 4.94. The van der Waals surface area contributed by atoms with Crippen LogP contribution in [0.2, 0.25) is 0 Å². The lowest BCUT2D eigenvalue weighted by molar-refractivity contribution is -0.929. The fourth-order valence-electron chi connectivity index (χ4n) is 3.38. The number of nitrogens with zero attached hydrogens (tertiary/aromatic N) is 1. The molecule has 0 aromatic rings. The van der Waals surface area contributed by atoms with E-state index in [0.29, 0.717) is 6.26 Å². The van der Waals surface area contributed by atoms with Gasteiger partial charge in [0.05, 0.1) is 32.4 Å². The van der Waals surface area contributed by atoms with Gasteiger partial charge in [-0.1, -0.05) is 72.6 Å². The van der Waals surface area contributed by atoms with Gasteiger partial charge in [-0.15, -0.1) is 0 Å². The van der Waals surface area contributed by atoms with Crippen LogP contribution in [0, 0.1) is 0 Å². The summed E-state index contributed by atoms with van der Waals surface area (Å²) in [5, 5.41) is 0. The molecule has 160 valence electrons. The van der Waals surface area contributed by atoms with E-state index in [4.69, 9.17) is 4.55 Å². The molecule has 0 aliphatic carbocycles. The molecule has 26 heavy (non-hydrogen) atoms. The first-order chi connectivity index (χ1) is 12.2. The summed E-state index contributed by atoms with van der Waals surface area (Å²) >= 11 is 0. The van der Waals surface area contributed by atoms with E-state index in [9.17, 15) is 8.42 Å². The van der Waals surface area contributed by atoms with Crippen molar-refractivity contribution in [1.82, 2.24) is 0 Å². The van der Waals surface area contributed by atoms with Gasteiger partial charge >= 0.3 is 0 Å². The van der Waals surface area contributed by atoms with Crippen LogP contribution in [0.4, 0.5) is 0 Å². The average Bonchev–Trinajstić information content (AvgIpc) is 2.57. The van der Waals surface area contributed by atoms with Crippen molar-refractivity contribution in [3.63, 3.8) is 0 Å². The van der Waals surface area contributed by atoms with E-state index in [2.05, 4.69) is 27.7 Å². The minimum absolute atomic E-state index is 0.715. The highest BCUT2D eigenvalue weighted by atomic mass is 32.2. The van der Waals surface area contributed by atoms with E-state index in [1.807, 2.05) is 0 Å². The Kier molecular flexibility index (Phi) is 19.7. The van der Waals surface area contributed by atoms with E-state index in [0.717, 1.165) is 0 Å². The fraction of sp³-hybridized carbons (Fsp3) is 1.00. The Labute approximate surface area is 165 Å². The molecular formula is C21H48NO3S+. The Balaban J connectivity index is 0. The summed E-state index contributed by atoms with van der Waals surface area (Å²) in [5.74, 6) is 0. The van der Waals surface area contributed by atoms with Crippen LogP contribution in [0.15, 0.2) is 0 Å². The number of quaternary nitrogens is 1. The van der Waals surface area contributed by atoms with Gasteiger partial charge in [0, 0.05) is 0 Å². The summed E-state index contributed by atoms with van der Waals surface area (Å²) in [4.78, 5) is 0. The third-order valence-electron chi connectivity index (χ3n) is 4.94. The first kappa shape index (κ1) is 28.1. The third kappa shape index (κ3) is 21.9. The smallest absolute Gasteiger partial charge is 0.261 e. The molecule has 5 heteroatoms. The maximum absolute atomic E-state index is 9.19. The van der Waals surface area contributed by atoms with E-state index in [1.165, 1.54) is 108 Å². The van der Waals surface area contributed by atoms with Crippen LogP contribution in [0.3, 0.4) is 0 Å². The Morgan fingerprint density at radius 1 is 0.577 bits per heavy atom. The lowest BCUT2D eigenvalue weighted by Gasteiger charge is -2.39. The first-order valence-corrected chi connectivity index (χ1v) is 12.9. The molecule has 0 atom stereocenters. The second-order valence-electron chi connectivity index (χ2n) is 7.80. The largest absolute Gasteiger partial charge is 0.324 e. The van der Waals surface area contributed by atoms with Crippen molar-refractivity contribution < 1.29 is 17.5 Å². The zero-order valence-corrected chi connectivity index (χ0v) is 19.2. The van der Waals surface area contributed by atoms with Crippen molar-refractivity contribution in [3.8, 4) is 0 Å². The molecular weight excluding hydrogens is 346 g/mol. The average molecular weight is 395 g/mol. The second kappa shape index (κ2) is 18.2. The molecule has 0 aliphatic heterocycles. The molecule has 0 aromatic heterocycles. The van der Waals surface area contributed by atoms with Crippen LogP contribution >= 0.6 is 0 Å². The molecule has 0 bridgehead atoms. The summed E-state index contributed by atoms with van der Waals surface area (Å²) in [6.07, 6.45) is 17.7. The van der Waals surface area contributed by atoms with Crippen molar-refractivity contribution in [2.45, 2.75) is 105 Å². The van der Waals surface area contributed by atoms with Crippen molar-refractivity contribution in [2.75, 3.05) is 32.4 Å². The van der Waals surface area contributed by atoms with Gasteiger partial charge in [0.25, 0.3) is 10.1 Å². The van der Waals surface area contributed by atoms with Crippen molar-refractivity contribution in [1.29, 1.82) is 0 Å². The van der Waals surface area contributed by atoms with Crippen LogP contribution in [-0.2, 0) is 10.1 Å². The quantitative estimate of drug-likeness (QED) is 0.196. The molecule has 0 aromatic carbocycles.